The van der Waals surface area contributed by atoms with E-state index < -0.39 is 0 Å². The van der Waals surface area contributed by atoms with Gasteiger partial charge in [-0.2, -0.15) is 0 Å². The van der Waals surface area contributed by atoms with E-state index in [1.54, 1.807) is 0 Å². The Hall–Kier alpha value is -1.16. The van der Waals surface area contributed by atoms with Gasteiger partial charge in [-0.3, -0.25) is 0 Å². The van der Waals surface area contributed by atoms with Crippen molar-refractivity contribution < 1.29 is 4.74 Å². The highest BCUT2D eigenvalue weighted by atomic mass is 16.5. The summed E-state index contributed by atoms with van der Waals surface area (Å²) < 4.78 is 5.53. The van der Waals surface area contributed by atoms with Gasteiger partial charge in [-0.05, 0) is 26.7 Å². The molecule has 1 aromatic heterocycles. The Kier molecular flexibility index (Phi) is 3.16. The fourth-order valence-electron chi connectivity index (χ4n) is 1.83. The molecule has 0 aliphatic carbocycles. The van der Waals surface area contributed by atoms with Crippen LogP contribution in [0.5, 0.6) is 0 Å². The summed E-state index contributed by atoms with van der Waals surface area (Å²) in [5.41, 5.74) is 0.998. The van der Waals surface area contributed by atoms with E-state index in [0.29, 0.717) is 6.10 Å². The molecular weight excluding hydrogens is 190 g/mol. The van der Waals surface area contributed by atoms with Crippen LogP contribution in [0.2, 0.25) is 0 Å². The van der Waals surface area contributed by atoms with E-state index in [1.807, 2.05) is 19.9 Å². The molecule has 1 saturated heterocycles. The summed E-state index contributed by atoms with van der Waals surface area (Å²) in [6.45, 7) is 5.63. The fraction of sp³-hybridized carbons (Fsp3) is 0.636. The maximum atomic E-state index is 5.53. The second kappa shape index (κ2) is 4.57. The molecule has 0 radical (unpaired) electrons. The molecule has 1 aliphatic rings. The maximum Gasteiger partial charge on any atom is 0.130 e. The van der Waals surface area contributed by atoms with Crippen molar-refractivity contribution >= 4 is 5.82 Å². The maximum absolute atomic E-state index is 5.53. The summed E-state index contributed by atoms with van der Waals surface area (Å²) in [5, 5.41) is 3.29. The predicted molar refractivity (Wildman–Crippen MR) is 59.0 cm³/mol. The number of aryl methyl sites for hydroxylation is 2. The monoisotopic (exact) mass is 207 g/mol. The van der Waals surface area contributed by atoms with Crippen LogP contribution in [-0.2, 0) is 4.74 Å². The van der Waals surface area contributed by atoms with E-state index in [0.717, 1.165) is 36.9 Å². The molecule has 1 atom stereocenters. The van der Waals surface area contributed by atoms with Gasteiger partial charge in [0.15, 0.2) is 0 Å². The molecule has 1 N–H and O–H groups in total. The van der Waals surface area contributed by atoms with Gasteiger partial charge in [0.05, 0.1) is 6.10 Å². The lowest BCUT2D eigenvalue weighted by Gasteiger charge is -2.11. The largest absolute Gasteiger partial charge is 0.376 e. The normalized spacial score (nSPS) is 20.5. The van der Waals surface area contributed by atoms with Crippen LogP contribution in [-0.4, -0.2) is 29.2 Å². The molecular formula is C11H17N3O. The van der Waals surface area contributed by atoms with Crippen LogP contribution in [0.25, 0.3) is 0 Å². The number of hydrogen-bond acceptors (Lipinski definition) is 4. The van der Waals surface area contributed by atoms with Crippen molar-refractivity contribution in [2.45, 2.75) is 32.8 Å². The third-order valence-corrected chi connectivity index (χ3v) is 2.50. The van der Waals surface area contributed by atoms with Gasteiger partial charge >= 0.3 is 0 Å². The van der Waals surface area contributed by atoms with E-state index >= 15 is 0 Å². The van der Waals surface area contributed by atoms with Gasteiger partial charge in [0.2, 0.25) is 0 Å². The van der Waals surface area contributed by atoms with Gasteiger partial charge in [-0.15, -0.1) is 0 Å². The number of rotatable bonds is 3. The smallest absolute Gasteiger partial charge is 0.130 e. The van der Waals surface area contributed by atoms with Crippen molar-refractivity contribution in [3.8, 4) is 0 Å². The summed E-state index contributed by atoms with van der Waals surface area (Å²) in [6.07, 6.45) is 2.67. The summed E-state index contributed by atoms with van der Waals surface area (Å²) in [6, 6.07) is 1.96. The molecule has 0 unspecified atom stereocenters. The second-order valence-electron chi connectivity index (χ2n) is 3.96. The molecule has 2 heterocycles. The minimum Gasteiger partial charge on any atom is -0.376 e. The number of ether oxygens (including phenoxy) is 1. The molecule has 2 rings (SSSR count). The van der Waals surface area contributed by atoms with Crippen molar-refractivity contribution in [1.82, 2.24) is 9.97 Å². The molecule has 0 spiro atoms. The SMILES string of the molecule is Cc1cc(NC[C@H]2CCCO2)nc(C)n1. The highest BCUT2D eigenvalue weighted by molar-refractivity contribution is 5.35. The zero-order valence-corrected chi connectivity index (χ0v) is 9.29. The first kappa shape index (κ1) is 10.4. The summed E-state index contributed by atoms with van der Waals surface area (Å²) in [7, 11) is 0. The van der Waals surface area contributed by atoms with Crippen LogP contribution < -0.4 is 5.32 Å². The van der Waals surface area contributed by atoms with Crippen LogP contribution in [0.3, 0.4) is 0 Å². The molecule has 1 aromatic rings. The Balaban J connectivity index is 1.92. The average Bonchev–Trinajstić information content (AvgIpc) is 2.65. The van der Waals surface area contributed by atoms with E-state index in [1.165, 1.54) is 6.42 Å². The first-order chi connectivity index (χ1) is 7.24. The average molecular weight is 207 g/mol. The van der Waals surface area contributed by atoms with Gasteiger partial charge in [0.1, 0.15) is 11.6 Å². The van der Waals surface area contributed by atoms with Crippen molar-refractivity contribution in [2.24, 2.45) is 0 Å². The highest BCUT2D eigenvalue weighted by Gasteiger charge is 2.14. The lowest BCUT2D eigenvalue weighted by atomic mass is 10.2. The van der Waals surface area contributed by atoms with Gasteiger partial charge in [-0.1, -0.05) is 0 Å². The van der Waals surface area contributed by atoms with Crippen LogP contribution in [0.15, 0.2) is 6.07 Å². The molecule has 0 bridgehead atoms. The van der Waals surface area contributed by atoms with Crippen molar-refractivity contribution in [1.29, 1.82) is 0 Å². The van der Waals surface area contributed by atoms with Crippen LogP contribution in [0.4, 0.5) is 5.82 Å². The number of nitrogens with one attached hydrogen (secondary N) is 1. The fourth-order valence-corrected chi connectivity index (χ4v) is 1.83. The number of aromatic nitrogens is 2. The second-order valence-corrected chi connectivity index (χ2v) is 3.96. The summed E-state index contributed by atoms with van der Waals surface area (Å²) in [4.78, 5) is 8.55. The van der Waals surface area contributed by atoms with Crippen LogP contribution >= 0.6 is 0 Å². The molecule has 0 amide bonds. The van der Waals surface area contributed by atoms with Crippen LogP contribution in [0.1, 0.15) is 24.4 Å². The lowest BCUT2D eigenvalue weighted by molar-refractivity contribution is 0.120. The quantitative estimate of drug-likeness (QED) is 0.819. The zero-order valence-electron chi connectivity index (χ0n) is 9.29. The Bertz CT molecular complexity index is 314. The number of anilines is 1. The standard InChI is InChI=1S/C11H17N3O/c1-8-6-11(14-9(2)13-8)12-7-10-4-3-5-15-10/h6,10H,3-5,7H2,1-2H3,(H,12,13,14)/t10-/m1/s1. The minimum atomic E-state index is 0.348. The topological polar surface area (TPSA) is 47.0 Å². The molecule has 0 aromatic carbocycles. The highest BCUT2D eigenvalue weighted by Crippen LogP contribution is 2.13. The first-order valence-electron chi connectivity index (χ1n) is 5.42. The van der Waals surface area contributed by atoms with E-state index in [9.17, 15) is 0 Å². The van der Waals surface area contributed by atoms with E-state index in [2.05, 4.69) is 15.3 Å². The van der Waals surface area contributed by atoms with Gasteiger partial charge in [-0.25, -0.2) is 9.97 Å². The Morgan fingerprint density at radius 1 is 1.47 bits per heavy atom. The molecule has 4 heteroatoms. The van der Waals surface area contributed by atoms with E-state index in [4.69, 9.17) is 4.74 Å². The van der Waals surface area contributed by atoms with Crippen molar-refractivity contribution in [3.63, 3.8) is 0 Å². The van der Waals surface area contributed by atoms with Crippen molar-refractivity contribution in [3.05, 3.63) is 17.6 Å². The zero-order chi connectivity index (χ0) is 10.7. The Morgan fingerprint density at radius 3 is 3.00 bits per heavy atom. The third kappa shape index (κ3) is 2.89. The Labute approximate surface area is 90.1 Å². The lowest BCUT2D eigenvalue weighted by Crippen LogP contribution is -2.19. The minimum absolute atomic E-state index is 0.348. The Morgan fingerprint density at radius 2 is 2.33 bits per heavy atom. The van der Waals surface area contributed by atoms with Crippen LogP contribution in [0, 0.1) is 13.8 Å². The molecule has 1 aliphatic heterocycles. The summed E-state index contributed by atoms with van der Waals surface area (Å²) >= 11 is 0. The molecule has 0 saturated carbocycles. The van der Waals surface area contributed by atoms with E-state index in [-0.39, 0.29) is 0 Å². The molecule has 4 nitrogen and oxygen atoms in total. The first-order valence-corrected chi connectivity index (χ1v) is 5.42. The summed E-state index contributed by atoms with van der Waals surface area (Å²) in [5.74, 6) is 1.71. The van der Waals surface area contributed by atoms with Gasteiger partial charge < -0.3 is 10.1 Å². The number of nitrogens with zero attached hydrogens (tertiary/aromatic N) is 2. The molecule has 15 heavy (non-hydrogen) atoms. The molecule has 82 valence electrons. The third-order valence-electron chi connectivity index (χ3n) is 2.50. The predicted octanol–water partition coefficient (Wildman–Crippen LogP) is 1.68. The van der Waals surface area contributed by atoms with Gasteiger partial charge in [0.25, 0.3) is 0 Å². The molecule has 1 fully saturated rings. The number of hydrogen-bond donors (Lipinski definition) is 1. The van der Waals surface area contributed by atoms with Crippen molar-refractivity contribution in [2.75, 3.05) is 18.5 Å². The van der Waals surface area contributed by atoms with Gasteiger partial charge in [0, 0.05) is 24.9 Å².